The molecule has 86 valence electrons. The summed E-state index contributed by atoms with van der Waals surface area (Å²) in [7, 11) is 0. The topological polar surface area (TPSA) is 38.3 Å². The molecule has 0 aromatic carbocycles. The van der Waals surface area contributed by atoms with Gasteiger partial charge in [0.25, 0.3) is 0 Å². The summed E-state index contributed by atoms with van der Waals surface area (Å²) >= 11 is 0. The minimum absolute atomic E-state index is 0.233. The number of hydrogen-bond donors (Lipinski definition) is 1. The molecule has 0 amide bonds. The van der Waals surface area contributed by atoms with Gasteiger partial charge in [0.2, 0.25) is 0 Å². The fourth-order valence-electron chi connectivity index (χ4n) is 1.59. The highest BCUT2D eigenvalue weighted by Crippen LogP contribution is 2.14. The first-order chi connectivity index (χ1) is 7.13. The Kier molecular flexibility index (Phi) is 4.82. The maximum absolute atomic E-state index is 11.1. The van der Waals surface area contributed by atoms with Crippen LogP contribution in [-0.2, 0) is 9.53 Å². The third kappa shape index (κ3) is 4.04. The fourth-order valence-corrected chi connectivity index (χ4v) is 1.59. The number of ether oxygens (including phenoxy) is 1. The Bertz CT molecular complexity index is 246. The molecule has 3 nitrogen and oxygen atoms in total. The molecular formula is C12H21NO2. The zero-order chi connectivity index (χ0) is 11.3. The highest BCUT2D eigenvalue weighted by atomic mass is 16.5. The van der Waals surface area contributed by atoms with Crippen LogP contribution >= 0.6 is 0 Å². The van der Waals surface area contributed by atoms with Crippen molar-refractivity contribution >= 4 is 5.78 Å². The van der Waals surface area contributed by atoms with Gasteiger partial charge in [-0.2, -0.15) is 0 Å². The van der Waals surface area contributed by atoms with Crippen LogP contribution in [0.3, 0.4) is 0 Å². The Morgan fingerprint density at radius 3 is 2.67 bits per heavy atom. The second-order valence-electron chi connectivity index (χ2n) is 4.29. The number of ketones is 1. The summed E-state index contributed by atoms with van der Waals surface area (Å²) in [6, 6.07) is 0.307. The smallest absolute Gasteiger partial charge is 0.157 e. The van der Waals surface area contributed by atoms with Gasteiger partial charge in [0.15, 0.2) is 5.78 Å². The summed E-state index contributed by atoms with van der Waals surface area (Å²) in [4.78, 5) is 11.1. The summed E-state index contributed by atoms with van der Waals surface area (Å²) in [5.41, 5.74) is 1.07. The maximum atomic E-state index is 11.1. The van der Waals surface area contributed by atoms with Crippen LogP contribution in [0.15, 0.2) is 11.8 Å². The standard InChI is InChI=1S/C12H21NO2/c1-4-15-8-12(9(2)3)13-10-5-6-11(14)7-10/h7,9,12-13H,4-6,8H2,1-3H3. The second-order valence-corrected chi connectivity index (χ2v) is 4.29. The van der Waals surface area contributed by atoms with Gasteiger partial charge in [-0.3, -0.25) is 4.79 Å². The average Bonchev–Trinajstić information content (AvgIpc) is 2.58. The molecule has 0 aromatic rings. The number of carbonyl (C=O) groups excluding carboxylic acids is 1. The minimum atomic E-state index is 0.233. The van der Waals surface area contributed by atoms with Crippen LogP contribution in [-0.4, -0.2) is 25.0 Å². The van der Waals surface area contributed by atoms with Gasteiger partial charge in [-0.05, 0) is 19.3 Å². The molecule has 0 spiro atoms. The Morgan fingerprint density at radius 2 is 2.20 bits per heavy atom. The lowest BCUT2D eigenvalue weighted by molar-refractivity contribution is -0.114. The predicted octanol–water partition coefficient (Wildman–Crippen LogP) is 1.88. The van der Waals surface area contributed by atoms with Crippen molar-refractivity contribution in [2.75, 3.05) is 13.2 Å². The average molecular weight is 211 g/mol. The van der Waals surface area contributed by atoms with E-state index >= 15 is 0 Å². The highest BCUT2D eigenvalue weighted by Gasteiger charge is 2.18. The lowest BCUT2D eigenvalue weighted by atomic mass is 10.1. The van der Waals surface area contributed by atoms with Crippen molar-refractivity contribution in [3.63, 3.8) is 0 Å². The number of carbonyl (C=O) groups is 1. The molecular weight excluding hydrogens is 190 g/mol. The zero-order valence-corrected chi connectivity index (χ0v) is 9.88. The molecule has 1 unspecified atom stereocenters. The van der Waals surface area contributed by atoms with Gasteiger partial charge in [0.1, 0.15) is 0 Å². The molecule has 15 heavy (non-hydrogen) atoms. The van der Waals surface area contributed by atoms with Gasteiger partial charge in [0, 0.05) is 24.8 Å². The molecule has 0 aromatic heterocycles. The van der Waals surface area contributed by atoms with Gasteiger partial charge in [-0.25, -0.2) is 0 Å². The molecule has 0 fully saturated rings. The van der Waals surface area contributed by atoms with Crippen LogP contribution < -0.4 is 5.32 Å². The van der Waals surface area contributed by atoms with Crippen molar-refractivity contribution in [1.82, 2.24) is 5.32 Å². The van der Waals surface area contributed by atoms with E-state index in [2.05, 4.69) is 19.2 Å². The first kappa shape index (κ1) is 12.2. The van der Waals surface area contributed by atoms with Crippen molar-refractivity contribution < 1.29 is 9.53 Å². The van der Waals surface area contributed by atoms with Crippen molar-refractivity contribution in [3.05, 3.63) is 11.8 Å². The number of hydrogen-bond acceptors (Lipinski definition) is 3. The third-order valence-electron chi connectivity index (χ3n) is 2.65. The molecule has 0 bridgehead atoms. The molecule has 0 saturated carbocycles. The largest absolute Gasteiger partial charge is 0.383 e. The SMILES string of the molecule is CCOCC(NC1=CC(=O)CC1)C(C)C. The first-order valence-electron chi connectivity index (χ1n) is 5.71. The van der Waals surface area contributed by atoms with E-state index in [-0.39, 0.29) is 5.78 Å². The van der Waals surface area contributed by atoms with E-state index in [1.807, 2.05) is 6.92 Å². The Hall–Kier alpha value is -0.830. The zero-order valence-electron chi connectivity index (χ0n) is 9.88. The molecule has 1 rings (SSSR count). The van der Waals surface area contributed by atoms with Crippen molar-refractivity contribution in [2.24, 2.45) is 5.92 Å². The van der Waals surface area contributed by atoms with Crippen molar-refractivity contribution in [3.8, 4) is 0 Å². The Morgan fingerprint density at radius 1 is 1.47 bits per heavy atom. The summed E-state index contributed by atoms with van der Waals surface area (Å²) < 4.78 is 5.42. The van der Waals surface area contributed by atoms with Crippen LogP contribution in [0.5, 0.6) is 0 Å². The Balaban J connectivity index is 2.43. The summed E-state index contributed by atoms with van der Waals surface area (Å²) in [6.07, 6.45) is 3.23. The van der Waals surface area contributed by atoms with Crippen LogP contribution in [0, 0.1) is 5.92 Å². The summed E-state index contributed by atoms with van der Waals surface area (Å²) in [5, 5.41) is 3.40. The van der Waals surface area contributed by atoms with Crippen molar-refractivity contribution in [1.29, 1.82) is 0 Å². The monoisotopic (exact) mass is 211 g/mol. The van der Waals surface area contributed by atoms with Gasteiger partial charge in [0.05, 0.1) is 12.6 Å². The van der Waals surface area contributed by atoms with E-state index < -0.39 is 0 Å². The van der Waals surface area contributed by atoms with Gasteiger partial charge in [-0.15, -0.1) is 0 Å². The van der Waals surface area contributed by atoms with Crippen LogP contribution in [0.4, 0.5) is 0 Å². The fraction of sp³-hybridized carbons (Fsp3) is 0.750. The van der Waals surface area contributed by atoms with Crippen LogP contribution in [0.1, 0.15) is 33.6 Å². The van der Waals surface area contributed by atoms with E-state index in [1.165, 1.54) is 0 Å². The van der Waals surface area contributed by atoms with E-state index in [9.17, 15) is 4.79 Å². The predicted molar refractivity (Wildman–Crippen MR) is 60.6 cm³/mol. The molecule has 1 aliphatic carbocycles. The quantitative estimate of drug-likeness (QED) is 0.729. The van der Waals surface area contributed by atoms with E-state index in [4.69, 9.17) is 4.74 Å². The first-order valence-corrected chi connectivity index (χ1v) is 5.71. The summed E-state index contributed by atoms with van der Waals surface area (Å²) in [5.74, 6) is 0.740. The second kappa shape index (κ2) is 5.91. The summed E-state index contributed by atoms with van der Waals surface area (Å²) in [6.45, 7) is 7.76. The van der Waals surface area contributed by atoms with E-state index in [0.717, 1.165) is 18.7 Å². The molecule has 1 N–H and O–H groups in total. The number of nitrogens with one attached hydrogen (secondary N) is 1. The number of allylic oxidation sites excluding steroid dienone is 2. The van der Waals surface area contributed by atoms with Crippen LogP contribution in [0.25, 0.3) is 0 Å². The van der Waals surface area contributed by atoms with Crippen LogP contribution in [0.2, 0.25) is 0 Å². The van der Waals surface area contributed by atoms with Crippen molar-refractivity contribution in [2.45, 2.75) is 39.7 Å². The molecule has 0 aliphatic heterocycles. The lowest BCUT2D eigenvalue weighted by Crippen LogP contribution is -2.37. The highest BCUT2D eigenvalue weighted by molar-refractivity contribution is 5.92. The molecule has 3 heteroatoms. The third-order valence-corrected chi connectivity index (χ3v) is 2.65. The lowest BCUT2D eigenvalue weighted by Gasteiger charge is -2.23. The normalized spacial score (nSPS) is 18.1. The molecule has 0 saturated heterocycles. The molecule has 1 atom stereocenters. The maximum Gasteiger partial charge on any atom is 0.157 e. The van der Waals surface area contributed by atoms with E-state index in [0.29, 0.717) is 25.0 Å². The molecule has 0 radical (unpaired) electrons. The molecule has 1 aliphatic rings. The van der Waals surface area contributed by atoms with Gasteiger partial charge >= 0.3 is 0 Å². The number of rotatable bonds is 6. The van der Waals surface area contributed by atoms with Gasteiger partial charge < -0.3 is 10.1 Å². The minimum Gasteiger partial charge on any atom is -0.383 e. The van der Waals surface area contributed by atoms with E-state index in [1.54, 1.807) is 6.08 Å². The molecule has 0 heterocycles. The Labute approximate surface area is 91.9 Å². The van der Waals surface area contributed by atoms with Gasteiger partial charge in [-0.1, -0.05) is 13.8 Å².